The minimum atomic E-state index is -1.17. The Morgan fingerprint density at radius 2 is 2.06 bits per heavy atom. The Kier molecular flexibility index (Phi) is 6.66. The van der Waals surface area contributed by atoms with Crippen molar-refractivity contribution < 1.29 is 19.1 Å². The first-order valence-electron chi connectivity index (χ1n) is 11.1. The number of hydrogen-bond acceptors (Lipinski definition) is 7. The number of thiophene rings is 1. The number of hydrogen-bond donors (Lipinski definition) is 1. The standard InChI is InChI=1S/C25H23ClN2O4S2/c26-19-7-2-1-6-18(19)23-20(29)13-25(28(33)24(23)30,16-10-12-34-15-16)21-8-3-9-22(27-21)32-14-17-5-4-11-31-17/h1-3,6-10,12,15,17,23,33H,4-5,11,13-14H2. The van der Waals surface area contributed by atoms with Crippen LogP contribution in [-0.4, -0.2) is 40.3 Å². The third-order valence-electron chi connectivity index (χ3n) is 6.37. The molecule has 6 nitrogen and oxygen atoms in total. The van der Waals surface area contributed by atoms with E-state index in [1.807, 2.05) is 22.9 Å². The lowest BCUT2D eigenvalue weighted by molar-refractivity contribution is -0.142. The van der Waals surface area contributed by atoms with Crippen molar-refractivity contribution in [2.75, 3.05) is 13.2 Å². The van der Waals surface area contributed by atoms with E-state index in [4.69, 9.17) is 26.1 Å². The van der Waals surface area contributed by atoms with E-state index < -0.39 is 17.4 Å². The number of ether oxygens (including phenoxy) is 2. The molecule has 0 N–H and O–H groups in total. The third-order valence-corrected chi connectivity index (χ3v) is 7.94. The molecule has 0 aliphatic carbocycles. The molecule has 9 heteroatoms. The molecule has 1 aromatic carbocycles. The lowest BCUT2D eigenvalue weighted by atomic mass is 9.75. The Hall–Kier alpha value is -2.39. The van der Waals surface area contributed by atoms with Crippen LogP contribution in [0, 0.1) is 0 Å². The number of pyridine rings is 1. The van der Waals surface area contributed by atoms with Crippen molar-refractivity contribution in [3.8, 4) is 5.88 Å². The average molecular weight is 515 g/mol. The molecule has 0 spiro atoms. The van der Waals surface area contributed by atoms with Crippen LogP contribution in [0.5, 0.6) is 5.88 Å². The second kappa shape index (κ2) is 9.70. The number of Topliss-reactive ketones (excluding diaryl/α,β-unsaturated/α-hetero) is 1. The molecule has 3 unspecified atom stereocenters. The van der Waals surface area contributed by atoms with Crippen molar-refractivity contribution in [3.05, 3.63) is 81.1 Å². The predicted molar refractivity (Wildman–Crippen MR) is 133 cm³/mol. The van der Waals surface area contributed by atoms with Crippen LogP contribution in [0.3, 0.4) is 0 Å². The molecule has 0 bridgehead atoms. The second-order valence-corrected chi connectivity index (χ2v) is 10.0. The normalized spacial score (nSPS) is 25.1. The monoisotopic (exact) mass is 514 g/mol. The molecule has 34 heavy (non-hydrogen) atoms. The number of carbonyl (C=O) groups is 2. The summed E-state index contributed by atoms with van der Waals surface area (Å²) in [5.41, 5.74) is 0.609. The Labute approximate surface area is 212 Å². The Morgan fingerprint density at radius 3 is 2.79 bits per heavy atom. The van der Waals surface area contributed by atoms with E-state index in [0.717, 1.165) is 25.0 Å². The number of aromatic nitrogens is 1. The summed E-state index contributed by atoms with van der Waals surface area (Å²) in [6.07, 6.45) is 2.03. The lowest BCUT2D eigenvalue weighted by Crippen LogP contribution is -2.54. The first kappa shape index (κ1) is 23.4. The summed E-state index contributed by atoms with van der Waals surface area (Å²) in [5.74, 6) is -1.28. The first-order valence-corrected chi connectivity index (χ1v) is 12.8. The highest BCUT2D eigenvalue weighted by Gasteiger charge is 2.53. The van der Waals surface area contributed by atoms with E-state index >= 15 is 0 Å². The number of rotatable bonds is 6. The highest BCUT2D eigenvalue weighted by atomic mass is 35.5. The molecule has 176 valence electrons. The number of amides is 1. The molecule has 5 rings (SSSR count). The number of piperidine rings is 1. The smallest absolute Gasteiger partial charge is 0.248 e. The summed E-state index contributed by atoms with van der Waals surface area (Å²) in [5, 5.41) is 4.20. The molecular formula is C25H23ClN2O4S2. The largest absolute Gasteiger partial charge is 0.475 e. The van der Waals surface area contributed by atoms with Gasteiger partial charge in [0.05, 0.1) is 11.8 Å². The van der Waals surface area contributed by atoms with Crippen molar-refractivity contribution in [3.63, 3.8) is 0 Å². The summed E-state index contributed by atoms with van der Waals surface area (Å²) in [4.78, 5) is 31.9. The van der Waals surface area contributed by atoms with Gasteiger partial charge in [-0.1, -0.05) is 48.7 Å². The maximum atomic E-state index is 13.7. The molecule has 1 amide bonds. The number of carbonyl (C=O) groups excluding carboxylic acids is 2. The number of halogens is 1. The second-order valence-electron chi connectivity index (χ2n) is 8.43. The molecule has 2 aromatic heterocycles. The van der Waals surface area contributed by atoms with E-state index in [-0.39, 0.29) is 18.3 Å². The van der Waals surface area contributed by atoms with Crippen LogP contribution < -0.4 is 4.74 Å². The van der Waals surface area contributed by atoms with Crippen molar-refractivity contribution in [1.29, 1.82) is 0 Å². The summed E-state index contributed by atoms with van der Waals surface area (Å²) >= 11 is 12.5. The van der Waals surface area contributed by atoms with Gasteiger partial charge in [-0.05, 0) is 52.9 Å². The van der Waals surface area contributed by atoms with E-state index in [1.165, 1.54) is 15.6 Å². The van der Waals surface area contributed by atoms with Gasteiger partial charge in [0.1, 0.15) is 18.1 Å². The molecule has 0 saturated carbocycles. The van der Waals surface area contributed by atoms with Crippen LogP contribution in [0.2, 0.25) is 5.02 Å². The third kappa shape index (κ3) is 4.13. The maximum Gasteiger partial charge on any atom is 0.248 e. The van der Waals surface area contributed by atoms with Gasteiger partial charge in [-0.15, -0.1) is 0 Å². The molecule has 2 aliphatic rings. The van der Waals surface area contributed by atoms with Gasteiger partial charge in [-0.2, -0.15) is 11.3 Å². The zero-order valence-electron chi connectivity index (χ0n) is 18.2. The predicted octanol–water partition coefficient (Wildman–Crippen LogP) is 5.03. The van der Waals surface area contributed by atoms with E-state index in [0.29, 0.717) is 28.8 Å². The quantitative estimate of drug-likeness (QED) is 0.369. The van der Waals surface area contributed by atoms with Gasteiger partial charge in [0.25, 0.3) is 0 Å². The highest BCUT2D eigenvalue weighted by Crippen LogP contribution is 2.48. The Morgan fingerprint density at radius 1 is 1.21 bits per heavy atom. The first-order chi connectivity index (χ1) is 16.5. The number of thiol groups is 1. The zero-order valence-corrected chi connectivity index (χ0v) is 20.7. The van der Waals surface area contributed by atoms with Crippen molar-refractivity contribution in [2.45, 2.75) is 36.8 Å². The van der Waals surface area contributed by atoms with Crippen molar-refractivity contribution >= 4 is 47.4 Å². The summed E-state index contributed by atoms with van der Waals surface area (Å²) in [6.45, 7) is 1.15. The molecule has 0 radical (unpaired) electrons. The number of nitrogens with zero attached hydrogens (tertiary/aromatic N) is 2. The van der Waals surface area contributed by atoms with Crippen LogP contribution in [-0.2, 0) is 19.9 Å². The molecule has 2 aliphatic heterocycles. The Balaban J connectivity index is 1.53. The van der Waals surface area contributed by atoms with Gasteiger partial charge in [0.2, 0.25) is 11.8 Å². The molecular weight excluding hydrogens is 492 g/mol. The number of ketones is 1. The van der Waals surface area contributed by atoms with Crippen molar-refractivity contribution in [2.24, 2.45) is 0 Å². The fraction of sp³-hybridized carbons (Fsp3) is 0.320. The molecule has 3 atom stereocenters. The van der Waals surface area contributed by atoms with Gasteiger partial charge in [0, 0.05) is 24.1 Å². The summed E-state index contributed by atoms with van der Waals surface area (Å²) in [6, 6.07) is 14.2. The van der Waals surface area contributed by atoms with Crippen LogP contribution in [0.15, 0.2) is 59.3 Å². The van der Waals surface area contributed by atoms with E-state index in [1.54, 1.807) is 36.4 Å². The van der Waals surface area contributed by atoms with Crippen LogP contribution in [0.4, 0.5) is 0 Å². The van der Waals surface area contributed by atoms with Gasteiger partial charge < -0.3 is 9.47 Å². The topological polar surface area (TPSA) is 68.7 Å². The van der Waals surface area contributed by atoms with Crippen molar-refractivity contribution in [1.82, 2.24) is 9.29 Å². The zero-order chi connectivity index (χ0) is 23.7. The minimum absolute atomic E-state index is 0.0110. The van der Waals surface area contributed by atoms with Crippen LogP contribution in [0.25, 0.3) is 0 Å². The SMILES string of the molecule is O=C1CC(c2ccsc2)(c2cccc(OCC3CCCO3)n2)N(S)C(=O)C1c1ccccc1Cl. The number of benzene rings is 1. The molecule has 3 aromatic rings. The maximum absolute atomic E-state index is 13.7. The van der Waals surface area contributed by atoms with Gasteiger partial charge in [-0.3, -0.25) is 13.9 Å². The average Bonchev–Trinajstić information content (AvgIpc) is 3.56. The van der Waals surface area contributed by atoms with E-state index in [9.17, 15) is 9.59 Å². The Bertz CT molecular complexity index is 1200. The minimum Gasteiger partial charge on any atom is -0.475 e. The fourth-order valence-electron chi connectivity index (χ4n) is 4.64. The fourth-order valence-corrected chi connectivity index (χ4v) is 6.02. The van der Waals surface area contributed by atoms with Crippen LogP contribution >= 0.6 is 35.8 Å². The summed E-state index contributed by atoms with van der Waals surface area (Å²) in [7, 11) is 0. The van der Waals surface area contributed by atoms with Gasteiger partial charge in [0.15, 0.2) is 5.78 Å². The summed E-state index contributed by atoms with van der Waals surface area (Å²) < 4.78 is 12.9. The molecule has 2 saturated heterocycles. The van der Waals surface area contributed by atoms with Crippen LogP contribution in [0.1, 0.15) is 42.0 Å². The molecule has 4 heterocycles. The van der Waals surface area contributed by atoms with E-state index in [2.05, 4.69) is 12.8 Å². The molecule has 2 fully saturated rings. The van der Waals surface area contributed by atoms with Gasteiger partial charge in [-0.25, -0.2) is 4.98 Å². The highest BCUT2D eigenvalue weighted by molar-refractivity contribution is 7.78. The van der Waals surface area contributed by atoms with Gasteiger partial charge >= 0.3 is 0 Å². The lowest BCUT2D eigenvalue weighted by Gasteiger charge is -2.45.